The Morgan fingerprint density at radius 2 is 1.88 bits per heavy atom. The molecule has 3 rings (SSSR count). The van der Waals surface area contributed by atoms with Gasteiger partial charge in [0.05, 0.1) is 11.3 Å². The third-order valence-electron chi connectivity index (χ3n) is 5.40. The van der Waals surface area contributed by atoms with Gasteiger partial charge >= 0.3 is 6.61 Å². The number of alkyl halides is 2. The Bertz CT molecular complexity index is 952. The first-order chi connectivity index (χ1) is 15.3. The number of ether oxygens (including phenoxy) is 1. The van der Waals surface area contributed by atoms with Crippen LogP contribution in [0.3, 0.4) is 0 Å². The van der Waals surface area contributed by atoms with Crippen LogP contribution < -0.4 is 10.1 Å². The van der Waals surface area contributed by atoms with Crippen molar-refractivity contribution in [1.82, 2.24) is 4.90 Å². The van der Waals surface area contributed by atoms with Crippen LogP contribution >= 0.6 is 11.8 Å². The number of thioether (sulfide) groups is 1. The van der Waals surface area contributed by atoms with Gasteiger partial charge in [0.1, 0.15) is 0 Å². The standard InChI is InChI=1S/C23H25F3N2O3S/c1-28(16-7-3-2-4-8-16)21(29)14-32-20-10-6-5-9-17(20)22(30)27-15-11-12-19(18(24)13-15)31-23(25)26/h5-6,9-13,16,23H,2-4,7-8,14H2,1H3,(H,27,30). The predicted molar refractivity (Wildman–Crippen MR) is 118 cm³/mol. The van der Waals surface area contributed by atoms with Crippen molar-refractivity contribution in [1.29, 1.82) is 0 Å². The fraction of sp³-hybridized carbons (Fsp3) is 0.391. The molecule has 5 nitrogen and oxygen atoms in total. The van der Waals surface area contributed by atoms with Crippen LogP contribution in [0.5, 0.6) is 5.75 Å². The Hall–Kier alpha value is -2.68. The first-order valence-corrected chi connectivity index (χ1v) is 11.4. The van der Waals surface area contributed by atoms with Crippen molar-refractivity contribution in [2.45, 2.75) is 49.7 Å². The highest BCUT2D eigenvalue weighted by Gasteiger charge is 2.22. The van der Waals surface area contributed by atoms with Crippen LogP contribution in [0.4, 0.5) is 18.9 Å². The van der Waals surface area contributed by atoms with Crippen molar-refractivity contribution in [3.8, 4) is 5.75 Å². The molecule has 0 spiro atoms. The number of carbonyl (C=O) groups excluding carboxylic acids is 2. The van der Waals surface area contributed by atoms with E-state index in [1.165, 1.54) is 24.2 Å². The molecule has 0 bridgehead atoms. The number of amides is 2. The minimum atomic E-state index is -3.14. The van der Waals surface area contributed by atoms with Gasteiger partial charge in [0.25, 0.3) is 5.91 Å². The Morgan fingerprint density at radius 3 is 2.56 bits per heavy atom. The van der Waals surface area contributed by atoms with E-state index in [0.29, 0.717) is 10.5 Å². The Kier molecular flexibility index (Phi) is 8.44. The topological polar surface area (TPSA) is 58.6 Å². The van der Waals surface area contributed by atoms with E-state index in [-0.39, 0.29) is 23.4 Å². The Balaban J connectivity index is 1.63. The van der Waals surface area contributed by atoms with Gasteiger partial charge in [0, 0.05) is 29.7 Å². The lowest BCUT2D eigenvalue weighted by Gasteiger charge is -2.31. The van der Waals surface area contributed by atoms with E-state index < -0.39 is 24.1 Å². The summed E-state index contributed by atoms with van der Waals surface area (Å²) >= 11 is 1.27. The normalized spacial score (nSPS) is 14.3. The Morgan fingerprint density at radius 1 is 1.16 bits per heavy atom. The van der Waals surface area contributed by atoms with Crippen LogP contribution in [0.15, 0.2) is 47.4 Å². The lowest BCUT2D eigenvalue weighted by Crippen LogP contribution is -2.39. The quantitative estimate of drug-likeness (QED) is 0.518. The number of hydrogen-bond donors (Lipinski definition) is 1. The van der Waals surface area contributed by atoms with Gasteiger partial charge in [-0.1, -0.05) is 31.4 Å². The third kappa shape index (κ3) is 6.41. The van der Waals surface area contributed by atoms with E-state index in [4.69, 9.17) is 0 Å². The van der Waals surface area contributed by atoms with Gasteiger partial charge in [0.15, 0.2) is 11.6 Å². The average Bonchev–Trinajstić information content (AvgIpc) is 2.79. The maximum atomic E-state index is 13.9. The molecule has 32 heavy (non-hydrogen) atoms. The molecule has 0 saturated heterocycles. The van der Waals surface area contributed by atoms with E-state index in [9.17, 15) is 22.8 Å². The van der Waals surface area contributed by atoms with Crippen molar-refractivity contribution in [3.63, 3.8) is 0 Å². The lowest BCUT2D eigenvalue weighted by atomic mass is 9.94. The molecule has 1 N–H and O–H groups in total. The first kappa shape index (κ1) is 24.0. The summed E-state index contributed by atoms with van der Waals surface area (Å²) in [7, 11) is 1.83. The second-order valence-electron chi connectivity index (χ2n) is 7.56. The van der Waals surface area contributed by atoms with Crippen molar-refractivity contribution in [2.75, 3.05) is 18.1 Å². The molecule has 0 atom stereocenters. The molecule has 2 aromatic carbocycles. The molecule has 0 radical (unpaired) electrons. The smallest absolute Gasteiger partial charge is 0.387 e. The highest BCUT2D eigenvalue weighted by Crippen LogP contribution is 2.27. The first-order valence-electron chi connectivity index (χ1n) is 10.4. The second-order valence-corrected chi connectivity index (χ2v) is 8.58. The second kappa shape index (κ2) is 11.3. The molecule has 1 aliphatic carbocycles. The number of nitrogens with one attached hydrogen (secondary N) is 1. The average molecular weight is 467 g/mol. The number of anilines is 1. The zero-order chi connectivity index (χ0) is 23.1. The summed E-state index contributed by atoms with van der Waals surface area (Å²) in [4.78, 5) is 27.8. The summed E-state index contributed by atoms with van der Waals surface area (Å²) in [6.45, 7) is -3.14. The molecule has 1 aliphatic rings. The van der Waals surface area contributed by atoms with E-state index >= 15 is 0 Å². The van der Waals surface area contributed by atoms with E-state index in [2.05, 4.69) is 10.1 Å². The number of halogens is 3. The van der Waals surface area contributed by atoms with Crippen LogP contribution in [0, 0.1) is 5.82 Å². The van der Waals surface area contributed by atoms with Crippen LogP contribution in [-0.2, 0) is 4.79 Å². The number of hydrogen-bond acceptors (Lipinski definition) is 4. The molecule has 172 valence electrons. The van der Waals surface area contributed by atoms with Crippen molar-refractivity contribution in [3.05, 3.63) is 53.8 Å². The van der Waals surface area contributed by atoms with Gasteiger partial charge in [-0.15, -0.1) is 11.8 Å². The maximum absolute atomic E-state index is 13.9. The fourth-order valence-corrected chi connectivity index (χ4v) is 4.64. The van der Waals surface area contributed by atoms with Gasteiger partial charge in [-0.2, -0.15) is 8.78 Å². The largest absolute Gasteiger partial charge is 0.432 e. The van der Waals surface area contributed by atoms with Gasteiger partial charge < -0.3 is 15.0 Å². The molecule has 0 heterocycles. The number of carbonyl (C=O) groups is 2. The number of rotatable bonds is 8. The van der Waals surface area contributed by atoms with Crippen molar-refractivity contribution in [2.24, 2.45) is 0 Å². The summed E-state index contributed by atoms with van der Waals surface area (Å²) in [6.07, 6.45) is 5.51. The van der Waals surface area contributed by atoms with Gasteiger partial charge in [-0.25, -0.2) is 4.39 Å². The van der Waals surface area contributed by atoms with Crippen LogP contribution in [0.2, 0.25) is 0 Å². The predicted octanol–water partition coefficient (Wildman–Crippen LogP) is 5.56. The molecule has 1 fully saturated rings. The number of nitrogens with zero attached hydrogens (tertiary/aromatic N) is 1. The number of benzene rings is 2. The molecule has 2 aromatic rings. The van der Waals surface area contributed by atoms with Crippen LogP contribution in [0.25, 0.3) is 0 Å². The molecular weight excluding hydrogens is 441 g/mol. The molecular formula is C23H25F3N2O3S. The molecule has 2 amide bonds. The Labute approximate surface area is 189 Å². The molecule has 9 heteroatoms. The minimum Gasteiger partial charge on any atom is -0.432 e. The molecule has 0 unspecified atom stereocenters. The minimum absolute atomic E-state index is 0.00815. The monoisotopic (exact) mass is 466 g/mol. The van der Waals surface area contributed by atoms with Crippen molar-refractivity contribution < 1.29 is 27.5 Å². The van der Waals surface area contributed by atoms with E-state index in [1.54, 1.807) is 29.2 Å². The SMILES string of the molecule is CN(C(=O)CSc1ccccc1C(=O)Nc1ccc(OC(F)F)c(F)c1)C1CCCCC1. The fourth-order valence-electron chi connectivity index (χ4n) is 3.66. The highest BCUT2D eigenvalue weighted by atomic mass is 32.2. The molecule has 0 aromatic heterocycles. The van der Waals surface area contributed by atoms with Crippen LogP contribution in [0.1, 0.15) is 42.5 Å². The lowest BCUT2D eigenvalue weighted by molar-refractivity contribution is -0.129. The summed E-state index contributed by atoms with van der Waals surface area (Å²) in [5.74, 6) is -1.90. The van der Waals surface area contributed by atoms with Gasteiger partial charge in [-0.3, -0.25) is 9.59 Å². The summed E-state index contributed by atoms with van der Waals surface area (Å²) < 4.78 is 42.5. The van der Waals surface area contributed by atoms with Crippen LogP contribution in [-0.4, -0.2) is 42.2 Å². The van der Waals surface area contributed by atoms with E-state index in [0.717, 1.165) is 37.8 Å². The third-order valence-corrected chi connectivity index (χ3v) is 6.46. The molecule has 0 aliphatic heterocycles. The van der Waals surface area contributed by atoms with E-state index in [1.807, 2.05) is 7.05 Å². The maximum Gasteiger partial charge on any atom is 0.387 e. The molecule has 1 saturated carbocycles. The highest BCUT2D eigenvalue weighted by molar-refractivity contribution is 8.00. The van der Waals surface area contributed by atoms with Gasteiger partial charge in [0.2, 0.25) is 5.91 Å². The summed E-state index contributed by atoms with van der Waals surface area (Å²) in [5.41, 5.74) is 0.431. The summed E-state index contributed by atoms with van der Waals surface area (Å²) in [5, 5.41) is 2.55. The summed E-state index contributed by atoms with van der Waals surface area (Å²) in [6, 6.07) is 10.3. The van der Waals surface area contributed by atoms with Crippen molar-refractivity contribution >= 4 is 29.3 Å². The van der Waals surface area contributed by atoms with Gasteiger partial charge in [-0.05, 0) is 37.1 Å². The zero-order valence-electron chi connectivity index (χ0n) is 17.7. The zero-order valence-corrected chi connectivity index (χ0v) is 18.5.